The van der Waals surface area contributed by atoms with Crippen LogP contribution in [0.1, 0.15) is 28.9 Å². The van der Waals surface area contributed by atoms with E-state index in [9.17, 15) is 9.59 Å². The van der Waals surface area contributed by atoms with E-state index in [1.807, 2.05) is 24.4 Å². The second-order valence-corrected chi connectivity index (χ2v) is 7.56. The number of rotatable bonds is 7. The van der Waals surface area contributed by atoms with E-state index >= 15 is 0 Å². The van der Waals surface area contributed by atoms with Crippen molar-refractivity contribution in [1.29, 1.82) is 0 Å². The Morgan fingerprint density at radius 2 is 2.24 bits per heavy atom. The van der Waals surface area contributed by atoms with Crippen molar-refractivity contribution in [3.05, 3.63) is 46.5 Å². The lowest BCUT2D eigenvalue weighted by Gasteiger charge is -2.29. The average molecular weight is 412 g/mol. The zero-order valence-electron chi connectivity index (χ0n) is 15.9. The second-order valence-electron chi connectivity index (χ2n) is 6.52. The standard InChI is InChI=1S/C20H20N4O4S/c1-2-9-24-15-6-5-13(11-16(15)27-12-17(24)25)18-22-20(28-23-18)19(26)21-8-7-14-4-3-10-29-14/h3-6,10-11H,2,7-9,12H2,1H3,(H,21,26). The molecule has 4 rings (SSSR count). The summed E-state index contributed by atoms with van der Waals surface area (Å²) in [7, 11) is 0. The van der Waals surface area contributed by atoms with Gasteiger partial charge in [0.25, 0.3) is 5.91 Å². The van der Waals surface area contributed by atoms with E-state index in [0.29, 0.717) is 30.2 Å². The fourth-order valence-corrected chi connectivity index (χ4v) is 3.78. The third-order valence-corrected chi connectivity index (χ3v) is 5.40. The van der Waals surface area contributed by atoms with E-state index in [4.69, 9.17) is 9.26 Å². The molecule has 0 radical (unpaired) electrons. The SMILES string of the molecule is CCCN1C(=O)COc2cc(-c3noc(C(=O)NCCc4cccs4)n3)ccc21. The minimum Gasteiger partial charge on any atom is -0.482 e. The minimum absolute atomic E-state index is 0.000589. The Hall–Kier alpha value is -3.20. The topological polar surface area (TPSA) is 97.6 Å². The number of thiophene rings is 1. The van der Waals surface area contributed by atoms with E-state index in [1.165, 1.54) is 4.88 Å². The maximum atomic E-state index is 12.2. The van der Waals surface area contributed by atoms with Crippen LogP contribution >= 0.6 is 11.3 Å². The van der Waals surface area contributed by atoms with Crippen LogP contribution in [0.25, 0.3) is 11.4 Å². The molecule has 0 saturated heterocycles. The van der Waals surface area contributed by atoms with Crippen LogP contribution < -0.4 is 15.0 Å². The van der Waals surface area contributed by atoms with Crippen LogP contribution in [-0.4, -0.2) is 41.7 Å². The minimum atomic E-state index is -0.408. The van der Waals surface area contributed by atoms with Crippen molar-refractivity contribution in [1.82, 2.24) is 15.5 Å². The van der Waals surface area contributed by atoms with Crippen molar-refractivity contribution in [3.8, 4) is 17.1 Å². The molecule has 1 aliphatic heterocycles. The highest BCUT2D eigenvalue weighted by Crippen LogP contribution is 2.35. The number of amides is 2. The predicted molar refractivity (Wildman–Crippen MR) is 108 cm³/mol. The average Bonchev–Trinajstić information content (AvgIpc) is 3.42. The highest BCUT2D eigenvalue weighted by atomic mass is 32.1. The molecular formula is C20H20N4O4S. The Morgan fingerprint density at radius 3 is 3.03 bits per heavy atom. The number of hydrogen-bond acceptors (Lipinski definition) is 7. The molecule has 2 aromatic heterocycles. The van der Waals surface area contributed by atoms with Crippen LogP contribution in [0.4, 0.5) is 5.69 Å². The Balaban J connectivity index is 1.45. The van der Waals surface area contributed by atoms with Gasteiger partial charge in [0, 0.05) is 23.5 Å². The number of carbonyl (C=O) groups is 2. The van der Waals surface area contributed by atoms with Gasteiger partial charge in [-0.25, -0.2) is 0 Å². The number of nitrogens with zero attached hydrogens (tertiary/aromatic N) is 3. The van der Waals surface area contributed by atoms with Crippen molar-refractivity contribution < 1.29 is 18.8 Å². The highest BCUT2D eigenvalue weighted by molar-refractivity contribution is 7.09. The zero-order valence-corrected chi connectivity index (χ0v) is 16.7. The van der Waals surface area contributed by atoms with E-state index < -0.39 is 5.91 Å². The molecule has 0 bridgehead atoms. The summed E-state index contributed by atoms with van der Waals surface area (Å²) in [5.74, 6) is 0.316. The molecule has 3 heterocycles. The summed E-state index contributed by atoms with van der Waals surface area (Å²) in [6.45, 7) is 3.14. The van der Waals surface area contributed by atoms with Crippen LogP contribution in [0.15, 0.2) is 40.2 Å². The molecule has 3 aromatic rings. The van der Waals surface area contributed by atoms with Gasteiger partial charge in [0.2, 0.25) is 5.82 Å². The first-order valence-electron chi connectivity index (χ1n) is 9.37. The van der Waals surface area contributed by atoms with Gasteiger partial charge in [-0.2, -0.15) is 4.98 Å². The summed E-state index contributed by atoms with van der Waals surface area (Å²) in [4.78, 5) is 31.4. The molecule has 0 spiro atoms. The fourth-order valence-electron chi connectivity index (χ4n) is 3.07. The summed E-state index contributed by atoms with van der Waals surface area (Å²) in [6, 6.07) is 9.34. The van der Waals surface area contributed by atoms with Crippen LogP contribution in [0.3, 0.4) is 0 Å². The van der Waals surface area contributed by atoms with E-state index in [-0.39, 0.29) is 18.4 Å². The van der Waals surface area contributed by atoms with Gasteiger partial charge in [0.15, 0.2) is 6.61 Å². The maximum Gasteiger partial charge on any atom is 0.316 e. The van der Waals surface area contributed by atoms with Gasteiger partial charge in [-0.05, 0) is 42.5 Å². The van der Waals surface area contributed by atoms with Crippen LogP contribution in [-0.2, 0) is 11.2 Å². The van der Waals surface area contributed by atoms with Gasteiger partial charge in [-0.15, -0.1) is 11.3 Å². The molecule has 0 saturated carbocycles. The highest BCUT2D eigenvalue weighted by Gasteiger charge is 2.26. The van der Waals surface area contributed by atoms with Crippen LogP contribution in [0.5, 0.6) is 5.75 Å². The first-order valence-corrected chi connectivity index (χ1v) is 10.3. The molecule has 1 aromatic carbocycles. The van der Waals surface area contributed by atoms with Gasteiger partial charge in [0.05, 0.1) is 5.69 Å². The summed E-state index contributed by atoms with van der Waals surface area (Å²) >= 11 is 1.65. The molecule has 0 unspecified atom stereocenters. The third kappa shape index (κ3) is 4.14. The van der Waals surface area contributed by atoms with Gasteiger partial charge >= 0.3 is 11.8 Å². The first kappa shape index (κ1) is 19.1. The monoisotopic (exact) mass is 412 g/mol. The molecule has 29 heavy (non-hydrogen) atoms. The molecule has 0 aliphatic carbocycles. The van der Waals surface area contributed by atoms with Gasteiger partial charge < -0.3 is 19.5 Å². The number of hydrogen-bond donors (Lipinski definition) is 1. The largest absolute Gasteiger partial charge is 0.482 e. The van der Waals surface area contributed by atoms with Crippen molar-refractivity contribution in [3.63, 3.8) is 0 Å². The van der Waals surface area contributed by atoms with Gasteiger partial charge in [0.1, 0.15) is 5.75 Å². The molecule has 150 valence electrons. The Kier molecular flexibility index (Phi) is 5.57. The summed E-state index contributed by atoms with van der Waals surface area (Å²) in [5.41, 5.74) is 1.37. The smallest absolute Gasteiger partial charge is 0.316 e. The van der Waals surface area contributed by atoms with Crippen molar-refractivity contribution in [2.45, 2.75) is 19.8 Å². The quantitative estimate of drug-likeness (QED) is 0.641. The number of fused-ring (bicyclic) bond motifs is 1. The molecule has 0 atom stereocenters. The van der Waals surface area contributed by atoms with Crippen molar-refractivity contribution >= 4 is 28.8 Å². The van der Waals surface area contributed by atoms with E-state index in [0.717, 1.165) is 18.5 Å². The number of nitrogens with one attached hydrogen (secondary N) is 1. The number of aromatic nitrogens is 2. The first-order chi connectivity index (χ1) is 14.2. The number of carbonyl (C=O) groups excluding carboxylic acids is 2. The van der Waals surface area contributed by atoms with Gasteiger partial charge in [-0.1, -0.05) is 18.1 Å². The Morgan fingerprint density at radius 1 is 1.34 bits per heavy atom. The Bertz CT molecular complexity index is 1020. The maximum absolute atomic E-state index is 12.2. The third-order valence-electron chi connectivity index (χ3n) is 4.47. The normalized spacial score (nSPS) is 13.1. The van der Waals surface area contributed by atoms with Crippen molar-refractivity contribution in [2.75, 3.05) is 24.6 Å². The molecule has 1 aliphatic rings. The summed E-state index contributed by atoms with van der Waals surface area (Å²) in [6.07, 6.45) is 1.60. The van der Waals surface area contributed by atoms with E-state index in [1.54, 1.807) is 34.4 Å². The molecule has 1 N–H and O–H groups in total. The number of benzene rings is 1. The molecule has 9 heteroatoms. The summed E-state index contributed by atoms with van der Waals surface area (Å²) < 4.78 is 10.7. The van der Waals surface area contributed by atoms with Gasteiger partial charge in [-0.3, -0.25) is 9.59 Å². The predicted octanol–water partition coefficient (Wildman–Crippen LogP) is 2.91. The fraction of sp³-hybridized carbons (Fsp3) is 0.300. The molecule has 2 amide bonds. The molecule has 0 fully saturated rings. The number of ether oxygens (including phenoxy) is 1. The Labute approximate surface area is 171 Å². The zero-order chi connectivity index (χ0) is 20.2. The van der Waals surface area contributed by atoms with E-state index in [2.05, 4.69) is 15.5 Å². The van der Waals surface area contributed by atoms with Crippen LogP contribution in [0, 0.1) is 0 Å². The van der Waals surface area contributed by atoms with Crippen LogP contribution in [0.2, 0.25) is 0 Å². The lowest BCUT2D eigenvalue weighted by atomic mass is 10.1. The molecule has 8 nitrogen and oxygen atoms in total. The number of anilines is 1. The second kappa shape index (κ2) is 8.44. The van der Waals surface area contributed by atoms with Crippen molar-refractivity contribution in [2.24, 2.45) is 0 Å². The summed E-state index contributed by atoms with van der Waals surface area (Å²) in [5, 5.41) is 8.68. The molecular weight excluding hydrogens is 392 g/mol. The lowest BCUT2D eigenvalue weighted by molar-refractivity contribution is -0.121. The lowest BCUT2D eigenvalue weighted by Crippen LogP contribution is -2.39.